The Labute approximate surface area is 118 Å². The van der Waals surface area contributed by atoms with Crippen LogP contribution in [0.5, 0.6) is 5.75 Å². The summed E-state index contributed by atoms with van der Waals surface area (Å²) >= 11 is 0. The third kappa shape index (κ3) is 2.76. The molecule has 9 heteroatoms. The van der Waals surface area contributed by atoms with Crippen molar-refractivity contribution in [3.63, 3.8) is 0 Å². The zero-order chi connectivity index (χ0) is 15.6. The molecule has 2 rings (SSSR count). The number of aryl methyl sites for hydroxylation is 1. The summed E-state index contributed by atoms with van der Waals surface area (Å²) in [5, 5.41) is 22.7. The number of hydrogen-bond donors (Lipinski definition) is 2. The topological polar surface area (TPSA) is 120 Å². The van der Waals surface area contributed by atoms with Gasteiger partial charge in [-0.15, -0.1) is 0 Å². The first-order valence-electron chi connectivity index (χ1n) is 5.78. The van der Waals surface area contributed by atoms with E-state index in [2.05, 4.69) is 10.3 Å². The molecule has 0 atom stereocenters. The first-order chi connectivity index (χ1) is 9.93. The number of imidazole rings is 1. The summed E-state index contributed by atoms with van der Waals surface area (Å²) in [5.41, 5.74) is 0.450. The highest BCUT2D eigenvalue weighted by molar-refractivity contribution is 5.91. The van der Waals surface area contributed by atoms with Crippen LogP contribution in [0.3, 0.4) is 0 Å². The normalized spacial score (nSPS) is 10.2. The molecule has 9 nitrogen and oxygen atoms in total. The Kier molecular flexibility index (Phi) is 3.74. The molecule has 0 aliphatic rings. The highest BCUT2D eigenvalue weighted by atomic mass is 16.6. The minimum atomic E-state index is -1.12. The van der Waals surface area contributed by atoms with Gasteiger partial charge < -0.3 is 25.3 Å². The van der Waals surface area contributed by atoms with Gasteiger partial charge in [0.05, 0.1) is 7.11 Å². The lowest BCUT2D eigenvalue weighted by molar-refractivity contribution is -0.388. The van der Waals surface area contributed by atoms with Crippen molar-refractivity contribution >= 4 is 23.3 Å². The van der Waals surface area contributed by atoms with Crippen LogP contribution in [0.2, 0.25) is 0 Å². The zero-order valence-electron chi connectivity index (χ0n) is 11.2. The van der Waals surface area contributed by atoms with E-state index in [9.17, 15) is 14.9 Å². The SMILES string of the molecule is COc1cc(Nc2c([N+](=O)[O-])ncn2C)ccc1C(=O)O. The summed E-state index contributed by atoms with van der Waals surface area (Å²) in [4.78, 5) is 25.0. The highest BCUT2D eigenvalue weighted by Crippen LogP contribution is 2.29. The minimum Gasteiger partial charge on any atom is -0.496 e. The maximum Gasteiger partial charge on any atom is 0.406 e. The fraction of sp³-hybridized carbons (Fsp3) is 0.167. The summed E-state index contributed by atoms with van der Waals surface area (Å²) in [6, 6.07) is 4.29. The van der Waals surface area contributed by atoms with Gasteiger partial charge in [-0.25, -0.2) is 4.79 Å². The molecule has 0 saturated carbocycles. The molecule has 1 heterocycles. The molecule has 110 valence electrons. The Morgan fingerprint density at radius 3 is 2.81 bits per heavy atom. The van der Waals surface area contributed by atoms with E-state index in [1.807, 2.05) is 0 Å². The number of carboxylic acid groups (broad SMARTS) is 1. The number of hydrogen-bond acceptors (Lipinski definition) is 6. The zero-order valence-corrected chi connectivity index (χ0v) is 11.2. The number of benzene rings is 1. The van der Waals surface area contributed by atoms with Crippen molar-refractivity contribution in [1.29, 1.82) is 0 Å². The van der Waals surface area contributed by atoms with Crippen LogP contribution in [0.4, 0.5) is 17.3 Å². The molecule has 0 fully saturated rings. The van der Waals surface area contributed by atoms with Crippen molar-refractivity contribution in [2.24, 2.45) is 7.05 Å². The highest BCUT2D eigenvalue weighted by Gasteiger charge is 2.20. The second-order valence-electron chi connectivity index (χ2n) is 4.13. The fourth-order valence-corrected chi connectivity index (χ4v) is 1.78. The Hall–Kier alpha value is -3.10. The molecule has 0 radical (unpaired) electrons. The number of carboxylic acids is 1. The van der Waals surface area contributed by atoms with Crippen LogP contribution in [0.25, 0.3) is 0 Å². The summed E-state index contributed by atoms with van der Waals surface area (Å²) in [5.74, 6) is -1.11. The molecule has 0 aliphatic carbocycles. The monoisotopic (exact) mass is 292 g/mol. The first-order valence-corrected chi connectivity index (χ1v) is 5.78. The second kappa shape index (κ2) is 5.49. The van der Waals surface area contributed by atoms with Crippen LogP contribution < -0.4 is 10.1 Å². The molecular formula is C12H12N4O5. The molecule has 1 aromatic heterocycles. The van der Waals surface area contributed by atoms with E-state index in [0.717, 1.165) is 0 Å². The number of anilines is 2. The van der Waals surface area contributed by atoms with E-state index in [1.54, 1.807) is 7.05 Å². The van der Waals surface area contributed by atoms with Crippen molar-refractivity contribution in [3.05, 3.63) is 40.2 Å². The molecule has 0 bridgehead atoms. The predicted molar refractivity (Wildman–Crippen MR) is 73.1 cm³/mol. The Morgan fingerprint density at radius 1 is 1.52 bits per heavy atom. The molecule has 1 aromatic carbocycles. The molecular weight excluding hydrogens is 280 g/mol. The summed E-state index contributed by atoms with van der Waals surface area (Å²) in [6.07, 6.45) is 1.31. The second-order valence-corrected chi connectivity index (χ2v) is 4.13. The molecule has 0 spiro atoms. The van der Waals surface area contributed by atoms with E-state index in [4.69, 9.17) is 9.84 Å². The lowest BCUT2D eigenvalue weighted by Crippen LogP contribution is -2.03. The number of aromatic carboxylic acids is 1. The number of nitrogens with one attached hydrogen (secondary N) is 1. The van der Waals surface area contributed by atoms with Crippen LogP contribution in [-0.2, 0) is 7.05 Å². The van der Waals surface area contributed by atoms with Gasteiger partial charge in [-0.1, -0.05) is 0 Å². The lowest BCUT2D eigenvalue weighted by atomic mass is 10.2. The van der Waals surface area contributed by atoms with Crippen molar-refractivity contribution in [2.45, 2.75) is 0 Å². The van der Waals surface area contributed by atoms with Gasteiger partial charge >= 0.3 is 11.8 Å². The van der Waals surface area contributed by atoms with Gasteiger partial charge in [-0.2, -0.15) is 0 Å². The smallest absolute Gasteiger partial charge is 0.406 e. The molecule has 2 aromatic rings. The van der Waals surface area contributed by atoms with E-state index in [0.29, 0.717) is 5.69 Å². The van der Waals surface area contributed by atoms with Gasteiger partial charge in [0.15, 0.2) is 0 Å². The quantitative estimate of drug-likeness (QED) is 0.636. The van der Waals surface area contributed by atoms with Gasteiger partial charge in [-0.05, 0) is 22.0 Å². The van der Waals surface area contributed by atoms with E-state index < -0.39 is 10.9 Å². The number of carbonyl (C=O) groups is 1. The number of ether oxygens (including phenoxy) is 1. The third-order valence-electron chi connectivity index (χ3n) is 2.79. The van der Waals surface area contributed by atoms with Crippen molar-refractivity contribution in [3.8, 4) is 5.75 Å². The van der Waals surface area contributed by atoms with Crippen LogP contribution >= 0.6 is 0 Å². The van der Waals surface area contributed by atoms with Crippen LogP contribution in [0.15, 0.2) is 24.5 Å². The van der Waals surface area contributed by atoms with Gasteiger partial charge in [-0.3, -0.25) is 4.57 Å². The van der Waals surface area contributed by atoms with Crippen molar-refractivity contribution < 1.29 is 19.6 Å². The average Bonchev–Trinajstić information content (AvgIpc) is 2.80. The van der Waals surface area contributed by atoms with Gasteiger partial charge in [0.1, 0.15) is 11.3 Å². The van der Waals surface area contributed by atoms with Crippen LogP contribution in [0.1, 0.15) is 10.4 Å². The molecule has 2 N–H and O–H groups in total. The number of methoxy groups -OCH3 is 1. The van der Waals surface area contributed by atoms with E-state index in [1.165, 1.54) is 36.2 Å². The van der Waals surface area contributed by atoms with E-state index in [-0.39, 0.29) is 22.9 Å². The van der Waals surface area contributed by atoms with Crippen molar-refractivity contribution in [2.75, 3.05) is 12.4 Å². The maximum absolute atomic E-state index is 11.0. The predicted octanol–water partition coefficient (Wildman–Crippen LogP) is 1.78. The Bertz CT molecular complexity index is 710. The fourth-order valence-electron chi connectivity index (χ4n) is 1.78. The minimum absolute atomic E-state index is 0.00237. The van der Waals surface area contributed by atoms with E-state index >= 15 is 0 Å². The molecule has 0 unspecified atom stereocenters. The Morgan fingerprint density at radius 2 is 2.24 bits per heavy atom. The molecule has 21 heavy (non-hydrogen) atoms. The largest absolute Gasteiger partial charge is 0.496 e. The average molecular weight is 292 g/mol. The number of nitro groups is 1. The number of aromatic nitrogens is 2. The molecule has 0 saturated heterocycles. The standard InChI is InChI=1S/C12H12N4O5/c1-15-6-13-10(16(19)20)11(15)14-7-3-4-8(12(17)18)9(5-7)21-2/h3-6,14H,1-2H3,(H,17,18). The summed E-state index contributed by atoms with van der Waals surface area (Å²) < 4.78 is 6.45. The number of rotatable bonds is 5. The number of nitrogens with zero attached hydrogens (tertiary/aromatic N) is 3. The first kappa shape index (κ1) is 14.3. The Balaban J connectivity index is 2.39. The van der Waals surface area contributed by atoms with Crippen molar-refractivity contribution in [1.82, 2.24) is 9.55 Å². The molecule has 0 aliphatic heterocycles. The maximum atomic E-state index is 11.0. The van der Waals surface area contributed by atoms with Crippen LogP contribution in [0, 0.1) is 10.1 Å². The lowest BCUT2D eigenvalue weighted by Gasteiger charge is -2.10. The summed E-state index contributed by atoms with van der Waals surface area (Å²) in [7, 11) is 2.95. The van der Waals surface area contributed by atoms with Gasteiger partial charge in [0.2, 0.25) is 12.1 Å². The summed E-state index contributed by atoms with van der Waals surface area (Å²) in [6.45, 7) is 0. The van der Waals surface area contributed by atoms with Crippen LogP contribution in [-0.4, -0.2) is 32.7 Å². The van der Waals surface area contributed by atoms with Gasteiger partial charge in [0.25, 0.3) is 0 Å². The molecule has 0 amide bonds. The third-order valence-corrected chi connectivity index (χ3v) is 2.79. The van der Waals surface area contributed by atoms with Gasteiger partial charge in [0, 0.05) is 18.8 Å².